The SMILES string of the molecule is COC(=O)c1ccc(NCC(CN)C(C)C)cc1. The van der Waals surface area contributed by atoms with Gasteiger partial charge >= 0.3 is 5.97 Å². The molecule has 0 fully saturated rings. The largest absolute Gasteiger partial charge is 0.465 e. The van der Waals surface area contributed by atoms with E-state index in [1.165, 1.54) is 7.11 Å². The van der Waals surface area contributed by atoms with E-state index in [0.717, 1.165) is 12.2 Å². The first kappa shape index (κ1) is 14.5. The van der Waals surface area contributed by atoms with Crippen molar-refractivity contribution in [1.29, 1.82) is 0 Å². The summed E-state index contributed by atoms with van der Waals surface area (Å²) in [5, 5.41) is 3.33. The molecule has 0 saturated carbocycles. The quantitative estimate of drug-likeness (QED) is 0.759. The van der Waals surface area contributed by atoms with Gasteiger partial charge in [0.05, 0.1) is 12.7 Å². The number of esters is 1. The van der Waals surface area contributed by atoms with E-state index in [0.29, 0.717) is 23.9 Å². The fourth-order valence-corrected chi connectivity index (χ4v) is 1.68. The highest BCUT2D eigenvalue weighted by Crippen LogP contribution is 2.14. The lowest BCUT2D eigenvalue weighted by Crippen LogP contribution is -2.27. The highest BCUT2D eigenvalue weighted by Gasteiger charge is 2.11. The van der Waals surface area contributed by atoms with Crippen LogP contribution in [0.1, 0.15) is 24.2 Å². The van der Waals surface area contributed by atoms with Crippen molar-refractivity contribution < 1.29 is 9.53 Å². The van der Waals surface area contributed by atoms with E-state index in [1.54, 1.807) is 12.1 Å². The van der Waals surface area contributed by atoms with Crippen LogP contribution in [0.5, 0.6) is 0 Å². The molecule has 1 unspecified atom stereocenters. The molecule has 100 valence electrons. The predicted octanol–water partition coefficient (Wildman–Crippen LogP) is 2.12. The summed E-state index contributed by atoms with van der Waals surface area (Å²) < 4.78 is 4.65. The summed E-state index contributed by atoms with van der Waals surface area (Å²) in [5.74, 6) is 0.686. The molecule has 0 radical (unpaired) electrons. The molecular weight excluding hydrogens is 228 g/mol. The molecule has 1 aromatic rings. The Kier molecular flexibility index (Phi) is 5.65. The van der Waals surface area contributed by atoms with Crippen molar-refractivity contribution in [2.24, 2.45) is 17.6 Å². The second-order valence-corrected chi connectivity index (χ2v) is 4.69. The topological polar surface area (TPSA) is 64.3 Å². The number of hydrogen-bond acceptors (Lipinski definition) is 4. The average Bonchev–Trinajstić information content (AvgIpc) is 2.39. The Hall–Kier alpha value is -1.55. The fraction of sp³-hybridized carbons (Fsp3) is 0.500. The molecule has 0 aromatic heterocycles. The minimum absolute atomic E-state index is 0.316. The number of carbonyl (C=O) groups excluding carboxylic acids is 1. The molecule has 4 nitrogen and oxygen atoms in total. The lowest BCUT2D eigenvalue weighted by Gasteiger charge is -2.19. The van der Waals surface area contributed by atoms with Crippen LogP contribution >= 0.6 is 0 Å². The molecule has 0 amide bonds. The molecule has 0 spiro atoms. The molecule has 0 bridgehead atoms. The van der Waals surface area contributed by atoms with Crippen molar-refractivity contribution >= 4 is 11.7 Å². The molecule has 1 aromatic carbocycles. The van der Waals surface area contributed by atoms with Crippen molar-refractivity contribution in [2.75, 3.05) is 25.5 Å². The van der Waals surface area contributed by atoms with Gasteiger partial charge in [-0.15, -0.1) is 0 Å². The second kappa shape index (κ2) is 7.01. The molecular formula is C14H22N2O2. The summed E-state index contributed by atoms with van der Waals surface area (Å²) in [6.45, 7) is 5.84. The third-order valence-electron chi connectivity index (χ3n) is 3.12. The maximum Gasteiger partial charge on any atom is 0.337 e. The maximum absolute atomic E-state index is 11.3. The number of carbonyl (C=O) groups is 1. The summed E-state index contributed by atoms with van der Waals surface area (Å²) in [6, 6.07) is 7.25. The van der Waals surface area contributed by atoms with Crippen LogP contribution < -0.4 is 11.1 Å². The third-order valence-corrected chi connectivity index (χ3v) is 3.12. The van der Waals surface area contributed by atoms with E-state index in [2.05, 4.69) is 23.9 Å². The van der Waals surface area contributed by atoms with E-state index in [1.807, 2.05) is 12.1 Å². The fourth-order valence-electron chi connectivity index (χ4n) is 1.68. The molecule has 4 heteroatoms. The number of benzene rings is 1. The average molecular weight is 250 g/mol. The smallest absolute Gasteiger partial charge is 0.337 e. The number of nitrogens with one attached hydrogen (secondary N) is 1. The van der Waals surface area contributed by atoms with Crippen molar-refractivity contribution in [3.05, 3.63) is 29.8 Å². The Balaban J connectivity index is 2.56. The Morgan fingerprint density at radius 3 is 2.39 bits per heavy atom. The van der Waals surface area contributed by atoms with Gasteiger partial charge in [0.25, 0.3) is 0 Å². The highest BCUT2D eigenvalue weighted by molar-refractivity contribution is 5.89. The van der Waals surface area contributed by atoms with E-state index < -0.39 is 0 Å². The van der Waals surface area contributed by atoms with E-state index in [4.69, 9.17) is 5.73 Å². The summed E-state index contributed by atoms with van der Waals surface area (Å²) in [6.07, 6.45) is 0. The van der Waals surface area contributed by atoms with Crippen molar-refractivity contribution in [3.8, 4) is 0 Å². The zero-order chi connectivity index (χ0) is 13.5. The first-order chi connectivity index (χ1) is 8.58. The van der Waals surface area contributed by atoms with Crippen molar-refractivity contribution in [1.82, 2.24) is 0 Å². The molecule has 3 N–H and O–H groups in total. The van der Waals surface area contributed by atoms with Gasteiger partial charge in [0.1, 0.15) is 0 Å². The number of ether oxygens (including phenoxy) is 1. The number of nitrogens with two attached hydrogens (primary N) is 1. The first-order valence-corrected chi connectivity index (χ1v) is 6.20. The molecule has 0 aliphatic rings. The normalized spacial score (nSPS) is 12.3. The summed E-state index contributed by atoms with van der Waals surface area (Å²) in [5.41, 5.74) is 7.26. The standard InChI is InChI=1S/C14H22N2O2/c1-10(2)12(8-15)9-16-13-6-4-11(5-7-13)14(17)18-3/h4-7,10,12,16H,8-9,15H2,1-3H3. The van der Waals surface area contributed by atoms with E-state index >= 15 is 0 Å². The number of rotatable bonds is 6. The van der Waals surface area contributed by atoms with Crippen LogP contribution in [0.3, 0.4) is 0 Å². The minimum atomic E-state index is -0.316. The Bertz CT molecular complexity index is 374. The minimum Gasteiger partial charge on any atom is -0.465 e. The van der Waals surface area contributed by atoms with Gasteiger partial charge in [-0.25, -0.2) is 4.79 Å². The molecule has 0 heterocycles. The molecule has 1 atom stereocenters. The first-order valence-electron chi connectivity index (χ1n) is 6.20. The summed E-state index contributed by atoms with van der Waals surface area (Å²) >= 11 is 0. The Labute approximate surface area is 109 Å². The molecule has 1 rings (SSSR count). The molecule has 0 aliphatic carbocycles. The van der Waals surface area contributed by atoms with Gasteiger partial charge in [-0.3, -0.25) is 0 Å². The van der Waals surface area contributed by atoms with Gasteiger partial charge in [-0.1, -0.05) is 13.8 Å². The van der Waals surface area contributed by atoms with Crippen LogP contribution in [0.2, 0.25) is 0 Å². The number of anilines is 1. The number of hydrogen-bond donors (Lipinski definition) is 2. The monoisotopic (exact) mass is 250 g/mol. The Morgan fingerprint density at radius 1 is 1.33 bits per heavy atom. The van der Waals surface area contributed by atoms with Gasteiger partial charge in [-0.05, 0) is 42.6 Å². The van der Waals surface area contributed by atoms with Crippen LogP contribution in [0.15, 0.2) is 24.3 Å². The van der Waals surface area contributed by atoms with Crippen LogP contribution in [0.25, 0.3) is 0 Å². The number of methoxy groups -OCH3 is 1. The maximum atomic E-state index is 11.3. The second-order valence-electron chi connectivity index (χ2n) is 4.69. The van der Waals surface area contributed by atoms with Gasteiger partial charge in [-0.2, -0.15) is 0 Å². The lowest BCUT2D eigenvalue weighted by atomic mass is 9.96. The molecule has 18 heavy (non-hydrogen) atoms. The predicted molar refractivity (Wildman–Crippen MR) is 73.7 cm³/mol. The van der Waals surface area contributed by atoms with Gasteiger partial charge < -0.3 is 15.8 Å². The van der Waals surface area contributed by atoms with Crippen LogP contribution in [-0.2, 0) is 4.74 Å². The zero-order valence-electron chi connectivity index (χ0n) is 11.3. The van der Waals surface area contributed by atoms with Gasteiger partial charge in [0.2, 0.25) is 0 Å². The Morgan fingerprint density at radius 2 is 1.94 bits per heavy atom. The van der Waals surface area contributed by atoms with E-state index in [-0.39, 0.29) is 5.97 Å². The summed E-state index contributed by atoms with van der Waals surface area (Å²) in [4.78, 5) is 11.3. The van der Waals surface area contributed by atoms with Crippen LogP contribution in [-0.4, -0.2) is 26.2 Å². The van der Waals surface area contributed by atoms with Crippen molar-refractivity contribution in [2.45, 2.75) is 13.8 Å². The molecule has 0 saturated heterocycles. The molecule has 0 aliphatic heterocycles. The van der Waals surface area contributed by atoms with Crippen LogP contribution in [0, 0.1) is 11.8 Å². The van der Waals surface area contributed by atoms with Gasteiger partial charge in [0, 0.05) is 12.2 Å². The summed E-state index contributed by atoms with van der Waals surface area (Å²) in [7, 11) is 1.38. The third kappa shape index (κ3) is 4.04. The van der Waals surface area contributed by atoms with E-state index in [9.17, 15) is 4.79 Å². The van der Waals surface area contributed by atoms with Gasteiger partial charge in [0.15, 0.2) is 0 Å². The zero-order valence-corrected chi connectivity index (χ0v) is 11.3. The highest BCUT2D eigenvalue weighted by atomic mass is 16.5. The lowest BCUT2D eigenvalue weighted by molar-refractivity contribution is 0.0601. The van der Waals surface area contributed by atoms with Crippen molar-refractivity contribution in [3.63, 3.8) is 0 Å². The van der Waals surface area contributed by atoms with Crippen LogP contribution in [0.4, 0.5) is 5.69 Å².